The molecule has 1 aliphatic rings. The Balaban J connectivity index is 2.47. The molecule has 0 unspecified atom stereocenters. The van der Waals surface area contributed by atoms with Gasteiger partial charge in [0, 0.05) is 18.1 Å². The van der Waals surface area contributed by atoms with E-state index in [1.54, 1.807) is 0 Å². The number of nitrogens with zero attached hydrogens (tertiary/aromatic N) is 1. The number of carbonyl (C=O) groups excluding carboxylic acids is 1. The van der Waals surface area contributed by atoms with Gasteiger partial charge in [-0.3, -0.25) is 4.79 Å². The lowest BCUT2D eigenvalue weighted by atomic mass is 9.96. The van der Waals surface area contributed by atoms with Crippen LogP contribution in [0.25, 0.3) is 0 Å². The van der Waals surface area contributed by atoms with Gasteiger partial charge in [-0.05, 0) is 40.5 Å². The van der Waals surface area contributed by atoms with Crippen LogP contribution < -0.4 is 16.0 Å². The van der Waals surface area contributed by atoms with E-state index in [-0.39, 0.29) is 18.0 Å². The third kappa shape index (κ3) is 7.36. The number of amides is 1. The van der Waals surface area contributed by atoms with Crippen LogP contribution in [0.1, 0.15) is 59.8 Å². The van der Waals surface area contributed by atoms with Crippen molar-refractivity contribution >= 4 is 11.9 Å². The van der Waals surface area contributed by atoms with Crippen LogP contribution >= 0.6 is 0 Å². The van der Waals surface area contributed by atoms with Gasteiger partial charge in [0.2, 0.25) is 5.91 Å². The zero-order valence-corrected chi connectivity index (χ0v) is 13.4. The molecule has 0 bridgehead atoms. The number of hydrogen-bond acceptors (Lipinski definition) is 2. The molecular formula is C15H30N4O. The quantitative estimate of drug-likeness (QED) is 0.544. The van der Waals surface area contributed by atoms with E-state index in [0.29, 0.717) is 6.04 Å². The van der Waals surface area contributed by atoms with Crippen LogP contribution in [0.5, 0.6) is 0 Å². The monoisotopic (exact) mass is 282 g/mol. The van der Waals surface area contributed by atoms with Crippen LogP contribution in [-0.4, -0.2) is 36.5 Å². The topological polar surface area (TPSA) is 65.5 Å². The molecule has 5 heteroatoms. The van der Waals surface area contributed by atoms with Crippen LogP contribution in [0.3, 0.4) is 0 Å². The van der Waals surface area contributed by atoms with E-state index < -0.39 is 0 Å². The van der Waals surface area contributed by atoms with Crippen molar-refractivity contribution in [3.8, 4) is 0 Å². The minimum Gasteiger partial charge on any atom is -0.357 e. The molecule has 1 rings (SSSR count). The summed E-state index contributed by atoms with van der Waals surface area (Å²) in [4.78, 5) is 16.2. The Morgan fingerprint density at radius 2 is 1.85 bits per heavy atom. The van der Waals surface area contributed by atoms with Crippen molar-refractivity contribution in [3.63, 3.8) is 0 Å². The Morgan fingerprint density at radius 3 is 2.40 bits per heavy atom. The van der Waals surface area contributed by atoms with Crippen LogP contribution in [0.15, 0.2) is 4.99 Å². The third-order valence-electron chi connectivity index (χ3n) is 3.19. The summed E-state index contributed by atoms with van der Waals surface area (Å²) in [5.74, 6) is 0.710. The zero-order valence-electron chi connectivity index (χ0n) is 13.4. The van der Waals surface area contributed by atoms with E-state index in [9.17, 15) is 4.79 Å². The van der Waals surface area contributed by atoms with Crippen molar-refractivity contribution in [2.75, 3.05) is 13.1 Å². The van der Waals surface area contributed by atoms with Crippen LogP contribution in [0, 0.1) is 0 Å². The molecule has 5 nitrogen and oxygen atoms in total. The minimum absolute atomic E-state index is 0.0432. The van der Waals surface area contributed by atoms with Gasteiger partial charge >= 0.3 is 0 Å². The first kappa shape index (κ1) is 16.8. The molecule has 3 N–H and O–H groups in total. The number of rotatable bonds is 4. The fraction of sp³-hybridized carbons (Fsp3) is 0.867. The van der Waals surface area contributed by atoms with E-state index in [1.807, 2.05) is 27.7 Å². The van der Waals surface area contributed by atoms with Gasteiger partial charge in [0.15, 0.2) is 5.96 Å². The SMILES string of the molecule is CCNC(=NCC(=O)NC(C)(C)C)NC1CCCCC1. The van der Waals surface area contributed by atoms with Crippen LogP contribution in [0.4, 0.5) is 0 Å². The van der Waals surface area contributed by atoms with Gasteiger partial charge in [-0.25, -0.2) is 4.99 Å². The van der Waals surface area contributed by atoms with Gasteiger partial charge < -0.3 is 16.0 Å². The highest BCUT2D eigenvalue weighted by Gasteiger charge is 2.16. The number of aliphatic imine (C=N–C) groups is 1. The number of carbonyl (C=O) groups is 1. The van der Waals surface area contributed by atoms with Crippen molar-refractivity contribution < 1.29 is 4.79 Å². The summed E-state index contributed by atoms with van der Waals surface area (Å²) in [5, 5.41) is 9.56. The molecule has 20 heavy (non-hydrogen) atoms. The summed E-state index contributed by atoms with van der Waals surface area (Å²) >= 11 is 0. The molecule has 0 aromatic rings. The Labute approximate surface area is 123 Å². The predicted molar refractivity (Wildman–Crippen MR) is 83.9 cm³/mol. The maximum atomic E-state index is 11.8. The molecular weight excluding hydrogens is 252 g/mol. The maximum Gasteiger partial charge on any atom is 0.242 e. The van der Waals surface area contributed by atoms with Crippen molar-refractivity contribution in [2.24, 2.45) is 4.99 Å². The fourth-order valence-electron chi connectivity index (χ4n) is 2.37. The lowest BCUT2D eigenvalue weighted by Gasteiger charge is -2.25. The zero-order chi connectivity index (χ0) is 15.0. The summed E-state index contributed by atoms with van der Waals surface area (Å²) in [7, 11) is 0. The second-order valence-corrected chi connectivity index (χ2v) is 6.47. The van der Waals surface area contributed by atoms with Crippen molar-refractivity contribution in [1.82, 2.24) is 16.0 Å². The van der Waals surface area contributed by atoms with Gasteiger partial charge in [-0.1, -0.05) is 19.3 Å². The first-order chi connectivity index (χ1) is 9.40. The van der Waals surface area contributed by atoms with Crippen molar-refractivity contribution in [1.29, 1.82) is 0 Å². The molecule has 1 amide bonds. The Bertz CT molecular complexity index is 327. The average molecular weight is 282 g/mol. The van der Waals surface area contributed by atoms with E-state index >= 15 is 0 Å². The molecule has 0 atom stereocenters. The molecule has 0 spiro atoms. The summed E-state index contributed by atoms with van der Waals surface area (Å²) in [6.45, 7) is 8.92. The van der Waals surface area contributed by atoms with E-state index in [1.165, 1.54) is 32.1 Å². The van der Waals surface area contributed by atoms with Crippen molar-refractivity contribution in [3.05, 3.63) is 0 Å². The second-order valence-electron chi connectivity index (χ2n) is 6.47. The third-order valence-corrected chi connectivity index (χ3v) is 3.19. The van der Waals surface area contributed by atoms with Gasteiger partial charge in [0.25, 0.3) is 0 Å². The summed E-state index contributed by atoms with van der Waals surface area (Å²) in [6.07, 6.45) is 6.28. The molecule has 0 saturated heterocycles. The normalized spacial score (nSPS) is 17.7. The van der Waals surface area contributed by atoms with Crippen LogP contribution in [-0.2, 0) is 4.79 Å². The first-order valence-corrected chi connectivity index (χ1v) is 7.76. The molecule has 0 aromatic carbocycles. The van der Waals surface area contributed by atoms with E-state index in [2.05, 4.69) is 20.9 Å². The minimum atomic E-state index is -0.207. The maximum absolute atomic E-state index is 11.8. The molecule has 1 aliphatic carbocycles. The highest BCUT2D eigenvalue weighted by molar-refractivity contribution is 5.85. The largest absolute Gasteiger partial charge is 0.357 e. The standard InChI is InChI=1S/C15H30N4O/c1-5-16-14(18-12-9-7-6-8-10-12)17-11-13(20)19-15(2,3)4/h12H,5-11H2,1-4H3,(H,19,20)(H2,16,17,18). The van der Waals surface area contributed by atoms with Crippen molar-refractivity contribution in [2.45, 2.75) is 71.4 Å². The summed E-state index contributed by atoms with van der Waals surface area (Å²) in [6, 6.07) is 0.493. The molecule has 116 valence electrons. The molecule has 0 radical (unpaired) electrons. The Hall–Kier alpha value is -1.26. The smallest absolute Gasteiger partial charge is 0.242 e. The Kier molecular flexibility index (Phi) is 6.82. The van der Waals surface area contributed by atoms with Gasteiger partial charge in [-0.2, -0.15) is 0 Å². The van der Waals surface area contributed by atoms with Gasteiger partial charge in [-0.15, -0.1) is 0 Å². The fourth-order valence-corrected chi connectivity index (χ4v) is 2.37. The summed E-state index contributed by atoms with van der Waals surface area (Å²) in [5.41, 5.74) is -0.207. The molecule has 1 fully saturated rings. The predicted octanol–water partition coefficient (Wildman–Crippen LogP) is 1.79. The lowest BCUT2D eigenvalue weighted by molar-refractivity contribution is -0.121. The second kappa shape index (κ2) is 8.12. The Morgan fingerprint density at radius 1 is 1.20 bits per heavy atom. The number of nitrogens with one attached hydrogen (secondary N) is 3. The number of guanidine groups is 1. The first-order valence-electron chi connectivity index (χ1n) is 7.76. The molecule has 0 aromatic heterocycles. The number of hydrogen-bond donors (Lipinski definition) is 3. The van der Waals surface area contributed by atoms with E-state index in [0.717, 1.165) is 12.5 Å². The lowest BCUT2D eigenvalue weighted by Crippen LogP contribution is -2.46. The average Bonchev–Trinajstić information content (AvgIpc) is 2.35. The molecule has 1 saturated carbocycles. The van der Waals surface area contributed by atoms with Gasteiger partial charge in [0.1, 0.15) is 6.54 Å². The highest BCUT2D eigenvalue weighted by atomic mass is 16.2. The highest BCUT2D eigenvalue weighted by Crippen LogP contribution is 2.17. The van der Waals surface area contributed by atoms with Crippen LogP contribution in [0.2, 0.25) is 0 Å². The summed E-state index contributed by atoms with van der Waals surface area (Å²) < 4.78 is 0. The molecule has 0 aliphatic heterocycles. The van der Waals surface area contributed by atoms with Gasteiger partial charge in [0.05, 0.1) is 0 Å². The van der Waals surface area contributed by atoms with E-state index in [4.69, 9.17) is 0 Å². The molecule has 0 heterocycles.